The number of hydrogen-bond donors (Lipinski definition) is 2. The molecule has 0 aliphatic rings. The third kappa shape index (κ3) is 4.94. The minimum absolute atomic E-state index is 0. The summed E-state index contributed by atoms with van der Waals surface area (Å²) in [6.07, 6.45) is 0.445. The molecule has 18 heavy (non-hydrogen) atoms. The summed E-state index contributed by atoms with van der Waals surface area (Å²) in [5.41, 5.74) is 6.38. The van der Waals surface area contributed by atoms with Gasteiger partial charge in [-0.25, -0.2) is 0 Å². The molecule has 0 radical (unpaired) electrons. The molecule has 1 amide bonds. The van der Waals surface area contributed by atoms with Crippen molar-refractivity contribution in [1.29, 1.82) is 0 Å². The quantitative estimate of drug-likeness (QED) is 0.828. The Morgan fingerprint density at radius 1 is 1.44 bits per heavy atom. The zero-order valence-corrected chi connectivity index (χ0v) is 11.6. The molecule has 0 aromatic heterocycles. The van der Waals surface area contributed by atoms with Gasteiger partial charge in [-0.05, 0) is 17.5 Å². The van der Waals surface area contributed by atoms with Gasteiger partial charge in [0.1, 0.15) is 5.75 Å². The van der Waals surface area contributed by atoms with Crippen molar-refractivity contribution in [2.45, 2.75) is 19.3 Å². The summed E-state index contributed by atoms with van der Waals surface area (Å²) in [6, 6.07) is 7.76. The third-order valence-corrected chi connectivity index (χ3v) is 2.63. The molecule has 102 valence electrons. The van der Waals surface area contributed by atoms with Gasteiger partial charge in [-0.1, -0.05) is 25.1 Å². The molecule has 3 N–H and O–H groups in total. The van der Waals surface area contributed by atoms with Crippen molar-refractivity contribution in [3.05, 3.63) is 29.8 Å². The summed E-state index contributed by atoms with van der Waals surface area (Å²) < 4.78 is 5.28. The highest BCUT2D eigenvalue weighted by Crippen LogP contribution is 2.28. The fraction of sp³-hybridized carbons (Fsp3) is 0.462. The number of hydrogen-bond acceptors (Lipinski definition) is 3. The molecule has 5 heteroatoms. The molecule has 1 unspecified atom stereocenters. The van der Waals surface area contributed by atoms with E-state index in [4.69, 9.17) is 10.5 Å². The van der Waals surface area contributed by atoms with Gasteiger partial charge in [0.05, 0.1) is 7.11 Å². The molecule has 0 aliphatic heterocycles. The smallest absolute Gasteiger partial charge is 0.220 e. The number of amides is 1. The maximum Gasteiger partial charge on any atom is 0.220 e. The lowest BCUT2D eigenvalue weighted by Gasteiger charge is -2.15. The van der Waals surface area contributed by atoms with E-state index in [1.54, 1.807) is 7.11 Å². The van der Waals surface area contributed by atoms with Crippen molar-refractivity contribution in [3.8, 4) is 5.75 Å². The molecule has 1 atom stereocenters. The number of ether oxygens (including phenoxy) is 1. The van der Waals surface area contributed by atoms with Crippen LogP contribution in [0.1, 0.15) is 24.8 Å². The molecular weight excluding hydrogens is 252 g/mol. The second-order valence-electron chi connectivity index (χ2n) is 3.99. The highest BCUT2D eigenvalue weighted by molar-refractivity contribution is 5.85. The first kappa shape index (κ1) is 16.7. The van der Waals surface area contributed by atoms with Crippen molar-refractivity contribution in [2.24, 2.45) is 5.73 Å². The van der Waals surface area contributed by atoms with Crippen molar-refractivity contribution in [3.63, 3.8) is 0 Å². The first-order valence-corrected chi connectivity index (χ1v) is 5.78. The highest BCUT2D eigenvalue weighted by Gasteiger charge is 2.14. The second kappa shape index (κ2) is 8.78. The lowest BCUT2D eigenvalue weighted by molar-refractivity contribution is -0.121. The normalized spacial score (nSPS) is 11.3. The molecule has 0 saturated heterocycles. The molecule has 0 aliphatic carbocycles. The Kier molecular flexibility index (Phi) is 8.16. The number of carbonyl (C=O) groups is 1. The largest absolute Gasteiger partial charge is 0.496 e. The predicted octanol–water partition coefficient (Wildman–Crippen LogP) is 1.69. The molecule has 0 spiro atoms. The summed E-state index contributed by atoms with van der Waals surface area (Å²) in [5.74, 6) is 0.976. The van der Waals surface area contributed by atoms with Crippen molar-refractivity contribution >= 4 is 18.3 Å². The van der Waals surface area contributed by atoms with Crippen LogP contribution in [0.15, 0.2) is 24.3 Å². The molecule has 0 saturated carbocycles. The maximum absolute atomic E-state index is 11.6. The van der Waals surface area contributed by atoms with Gasteiger partial charge in [-0.2, -0.15) is 0 Å². The summed E-state index contributed by atoms with van der Waals surface area (Å²) in [6.45, 7) is 3.01. The van der Waals surface area contributed by atoms with E-state index in [1.807, 2.05) is 31.2 Å². The van der Waals surface area contributed by atoms with Crippen LogP contribution in [-0.2, 0) is 4.79 Å². The van der Waals surface area contributed by atoms with Crippen LogP contribution >= 0.6 is 12.4 Å². The Labute approximate surface area is 114 Å². The van der Waals surface area contributed by atoms with E-state index < -0.39 is 0 Å². The number of rotatable bonds is 6. The average Bonchev–Trinajstić information content (AvgIpc) is 2.36. The van der Waals surface area contributed by atoms with Crippen LogP contribution in [0, 0.1) is 0 Å². The van der Waals surface area contributed by atoms with Gasteiger partial charge in [0.2, 0.25) is 5.91 Å². The standard InChI is InChI=1S/C13H20N2O2.ClH/c1-10(9-13(16)15-8-7-14)11-5-3-4-6-12(11)17-2;/h3-6,10H,7-9,14H2,1-2H3,(H,15,16);1H. The fourth-order valence-corrected chi connectivity index (χ4v) is 1.75. The molecule has 1 aromatic rings. The van der Waals surface area contributed by atoms with Crippen LogP contribution in [0.25, 0.3) is 0 Å². The van der Waals surface area contributed by atoms with E-state index in [1.165, 1.54) is 0 Å². The Morgan fingerprint density at radius 2 is 2.11 bits per heavy atom. The zero-order valence-electron chi connectivity index (χ0n) is 10.8. The number of halogens is 1. The molecule has 1 aromatic carbocycles. The molecular formula is C13H21ClN2O2. The summed E-state index contributed by atoms with van der Waals surface area (Å²) in [5, 5.41) is 2.77. The third-order valence-electron chi connectivity index (χ3n) is 2.63. The van der Waals surface area contributed by atoms with Crippen molar-refractivity contribution in [1.82, 2.24) is 5.32 Å². The van der Waals surface area contributed by atoms with Crippen LogP contribution in [0.3, 0.4) is 0 Å². The first-order valence-electron chi connectivity index (χ1n) is 5.78. The number of nitrogens with one attached hydrogen (secondary N) is 1. The molecule has 4 nitrogen and oxygen atoms in total. The second-order valence-corrected chi connectivity index (χ2v) is 3.99. The van der Waals surface area contributed by atoms with Gasteiger partial charge >= 0.3 is 0 Å². The van der Waals surface area contributed by atoms with Crippen LogP contribution in [0.5, 0.6) is 5.75 Å². The molecule has 0 bridgehead atoms. The van der Waals surface area contributed by atoms with Crippen LogP contribution in [0.2, 0.25) is 0 Å². The van der Waals surface area contributed by atoms with E-state index in [0.29, 0.717) is 19.5 Å². The number of benzene rings is 1. The monoisotopic (exact) mass is 272 g/mol. The van der Waals surface area contributed by atoms with Crippen LogP contribution < -0.4 is 15.8 Å². The zero-order chi connectivity index (χ0) is 12.7. The van der Waals surface area contributed by atoms with Gasteiger partial charge in [0, 0.05) is 19.5 Å². The Hall–Kier alpha value is -1.26. The Bertz CT molecular complexity index is 372. The first-order chi connectivity index (χ1) is 8.19. The average molecular weight is 273 g/mol. The van der Waals surface area contributed by atoms with Gasteiger partial charge in [0.15, 0.2) is 0 Å². The Morgan fingerprint density at radius 3 is 2.72 bits per heavy atom. The van der Waals surface area contributed by atoms with E-state index in [-0.39, 0.29) is 24.2 Å². The molecule has 1 rings (SSSR count). The summed E-state index contributed by atoms with van der Waals surface area (Å²) >= 11 is 0. The van der Waals surface area contributed by atoms with E-state index in [0.717, 1.165) is 11.3 Å². The number of nitrogens with two attached hydrogens (primary N) is 1. The number of methoxy groups -OCH3 is 1. The topological polar surface area (TPSA) is 64.3 Å². The maximum atomic E-state index is 11.6. The van der Waals surface area contributed by atoms with E-state index in [9.17, 15) is 4.79 Å². The van der Waals surface area contributed by atoms with Gasteiger partial charge in [0.25, 0.3) is 0 Å². The molecule has 0 heterocycles. The van der Waals surface area contributed by atoms with E-state index in [2.05, 4.69) is 5.32 Å². The van der Waals surface area contributed by atoms with Gasteiger partial charge in [-0.3, -0.25) is 4.79 Å². The van der Waals surface area contributed by atoms with Crippen LogP contribution in [-0.4, -0.2) is 26.1 Å². The lowest BCUT2D eigenvalue weighted by atomic mass is 9.96. The fourth-order valence-electron chi connectivity index (χ4n) is 1.75. The molecule has 0 fully saturated rings. The van der Waals surface area contributed by atoms with Crippen molar-refractivity contribution < 1.29 is 9.53 Å². The van der Waals surface area contributed by atoms with Crippen molar-refractivity contribution in [2.75, 3.05) is 20.2 Å². The van der Waals surface area contributed by atoms with E-state index >= 15 is 0 Å². The lowest BCUT2D eigenvalue weighted by Crippen LogP contribution is -2.29. The predicted molar refractivity (Wildman–Crippen MR) is 75.3 cm³/mol. The SMILES string of the molecule is COc1ccccc1C(C)CC(=O)NCCN.Cl. The highest BCUT2D eigenvalue weighted by atomic mass is 35.5. The van der Waals surface area contributed by atoms with Gasteiger partial charge in [-0.15, -0.1) is 12.4 Å². The minimum atomic E-state index is 0. The summed E-state index contributed by atoms with van der Waals surface area (Å²) in [4.78, 5) is 11.6. The summed E-state index contributed by atoms with van der Waals surface area (Å²) in [7, 11) is 1.64. The number of carbonyl (C=O) groups excluding carboxylic acids is 1. The number of para-hydroxylation sites is 1. The minimum Gasteiger partial charge on any atom is -0.496 e. The Balaban J connectivity index is 0.00000289. The van der Waals surface area contributed by atoms with Gasteiger partial charge < -0.3 is 15.8 Å². The van der Waals surface area contributed by atoms with Crippen LogP contribution in [0.4, 0.5) is 0 Å².